The van der Waals surface area contributed by atoms with Gasteiger partial charge in [0.15, 0.2) is 0 Å². The molecule has 1 aromatic carbocycles. The van der Waals surface area contributed by atoms with Crippen LogP contribution in [0, 0.1) is 5.92 Å². The zero-order valence-electron chi connectivity index (χ0n) is 14.0. The first-order valence-corrected chi connectivity index (χ1v) is 7.85. The van der Waals surface area contributed by atoms with Crippen LogP contribution in [0.4, 0.5) is 4.79 Å². The molecule has 7 nitrogen and oxygen atoms in total. The van der Waals surface area contributed by atoms with Crippen molar-refractivity contribution in [3.8, 4) is 0 Å². The number of hydrogen-bond acceptors (Lipinski definition) is 4. The van der Waals surface area contributed by atoms with Gasteiger partial charge in [0.05, 0.1) is 6.42 Å². The van der Waals surface area contributed by atoms with Gasteiger partial charge in [0.1, 0.15) is 12.6 Å². The summed E-state index contributed by atoms with van der Waals surface area (Å²) in [5.74, 6) is -1.23. The first-order valence-electron chi connectivity index (χ1n) is 7.85. The fourth-order valence-corrected chi connectivity index (χ4v) is 2.03. The Morgan fingerprint density at radius 2 is 1.83 bits per heavy atom. The molecule has 0 saturated carbocycles. The summed E-state index contributed by atoms with van der Waals surface area (Å²) in [6.07, 6.45) is -0.421. The molecule has 0 bridgehead atoms. The lowest BCUT2D eigenvalue weighted by atomic mass is 10.0. The number of rotatable bonds is 9. The summed E-state index contributed by atoms with van der Waals surface area (Å²) in [6, 6.07) is 8.45. The number of hydrogen-bond donors (Lipinski definition) is 3. The average molecular weight is 336 g/mol. The minimum absolute atomic E-state index is 0.0174. The maximum Gasteiger partial charge on any atom is 0.408 e. The van der Waals surface area contributed by atoms with Gasteiger partial charge in [-0.3, -0.25) is 9.59 Å². The van der Waals surface area contributed by atoms with Gasteiger partial charge in [0, 0.05) is 6.54 Å². The molecule has 24 heavy (non-hydrogen) atoms. The molecule has 0 aliphatic rings. The molecule has 0 heterocycles. The lowest BCUT2D eigenvalue weighted by Crippen LogP contribution is -2.47. The Balaban J connectivity index is 2.49. The van der Waals surface area contributed by atoms with Crippen LogP contribution >= 0.6 is 0 Å². The van der Waals surface area contributed by atoms with Crippen LogP contribution in [0.2, 0.25) is 0 Å². The van der Waals surface area contributed by atoms with Crippen molar-refractivity contribution in [2.45, 2.75) is 39.3 Å². The number of carboxylic acids is 1. The van der Waals surface area contributed by atoms with Gasteiger partial charge in [-0.15, -0.1) is 0 Å². The van der Waals surface area contributed by atoms with Gasteiger partial charge in [-0.25, -0.2) is 4.79 Å². The summed E-state index contributed by atoms with van der Waals surface area (Å²) in [5, 5.41) is 13.6. The molecular formula is C17H24N2O5. The second-order valence-electron chi connectivity index (χ2n) is 5.82. The van der Waals surface area contributed by atoms with Crippen molar-refractivity contribution in [2.75, 3.05) is 6.54 Å². The summed E-state index contributed by atoms with van der Waals surface area (Å²) >= 11 is 0. The van der Waals surface area contributed by atoms with Crippen molar-refractivity contribution in [1.29, 1.82) is 0 Å². The van der Waals surface area contributed by atoms with Crippen molar-refractivity contribution in [2.24, 2.45) is 5.92 Å². The van der Waals surface area contributed by atoms with Gasteiger partial charge < -0.3 is 20.5 Å². The largest absolute Gasteiger partial charge is 0.481 e. The lowest BCUT2D eigenvalue weighted by Gasteiger charge is -2.19. The number of ether oxygens (including phenoxy) is 1. The SMILES string of the molecule is CC(C)C[C@H](NC(=O)OCc1ccccc1)C(=O)NCCC(=O)O. The molecule has 0 aliphatic carbocycles. The standard InChI is InChI=1S/C17H24N2O5/c1-12(2)10-14(16(22)18-9-8-15(20)21)19-17(23)24-11-13-6-4-3-5-7-13/h3-7,12,14H,8-11H2,1-2H3,(H,18,22)(H,19,23)(H,20,21)/t14-/m0/s1. The number of alkyl carbamates (subject to hydrolysis) is 1. The fourth-order valence-electron chi connectivity index (χ4n) is 2.03. The maximum absolute atomic E-state index is 12.1. The fraction of sp³-hybridized carbons (Fsp3) is 0.471. The summed E-state index contributed by atoms with van der Waals surface area (Å²) < 4.78 is 5.11. The average Bonchev–Trinajstić information content (AvgIpc) is 2.52. The van der Waals surface area contributed by atoms with Gasteiger partial charge in [-0.05, 0) is 17.9 Å². The Labute approximate surface area is 141 Å². The molecule has 1 aromatic rings. The van der Waals surface area contributed by atoms with E-state index in [1.807, 2.05) is 44.2 Å². The van der Waals surface area contributed by atoms with E-state index in [-0.39, 0.29) is 25.5 Å². The zero-order valence-corrected chi connectivity index (χ0v) is 14.0. The van der Waals surface area contributed by atoms with Crippen LogP contribution < -0.4 is 10.6 Å². The van der Waals surface area contributed by atoms with Crippen LogP contribution in [0.15, 0.2) is 30.3 Å². The van der Waals surface area contributed by atoms with Gasteiger partial charge in [0.2, 0.25) is 5.91 Å². The second kappa shape index (κ2) is 10.3. The topological polar surface area (TPSA) is 105 Å². The van der Waals surface area contributed by atoms with E-state index in [1.54, 1.807) is 0 Å². The summed E-state index contributed by atoms with van der Waals surface area (Å²) in [6.45, 7) is 3.98. The van der Waals surface area contributed by atoms with E-state index in [4.69, 9.17) is 9.84 Å². The van der Waals surface area contributed by atoms with E-state index in [2.05, 4.69) is 10.6 Å². The molecule has 132 valence electrons. The molecular weight excluding hydrogens is 312 g/mol. The third-order valence-corrected chi connectivity index (χ3v) is 3.17. The normalized spacial score (nSPS) is 11.6. The Hall–Kier alpha value is -2.57. The number of carbonyl (C=O) groups is 3. The Kier molecular flexibility index (Phi) is 8.32. The van der Waals surface area contributed by atoms with Crippen LogP contribution in [0.5, 0.6) is 0 Å². The highest BCUT2D eigenvalue weighted by Crippen LogP contribution is 2.06. The van der Waals surface area contributed by atoms with Crippen molar-refractivity contribution >= 4 is 18.0 Å². The number of benzene rings is 1. The predicted octanol–water partition coefficient (Wildman–Crippen LogP) is 1.92. The first-order chi connectivity index (χ1) is 11.4. The summed E-state index contributed by atoms with van der Waals surface area (Å²) in [4.78, 5) is 34.5. The van der Waals surface area contributed by atoms with E-state index in [1.165, 1.54) is 0 Å². The Morgan fingerprint density at radius 1 is 1.17 bits per heavy atom. The van der Waals surface area contributed by atoms with Crippen LogP contribution in [0.25, 0.3) is 0 Å². The molecule has 0 fully saturated rings. The molecule has 2 amide bonds. The van der Waals surface area contributed by atoms with E-state index in [0.29, 0.717) is 6.42 Å². The molecule has 0 spiro atoms. The zero-order chi connectivity index (χ0) is 17.9. The predicted molar refractivity (Wildman–Crippen MR) is 88.3 cm³/mol. The quantitative estimate of drug-likeness (QED) is 0.639. The third kappa shape index (κ3) is 8.17. The molecule has 0 radical (unpaired) electrons. The molecule has 0 aromatic heterocycles. The summed E-state index contributed by atoms with van der Waals surface area (Å²) in [5.41, 5.74) is 0.846. The highest BCUT2D eigenvalue weighted by Gasteiger charge is 2.22. The molecule has 1 rings (SSSR count). The van der Waals surface area contributed by atoms with Gasteiger partial charge in [0.25, 0.3) is 0 Å². The van der Waals surface area contributed by atoms with E-state index >= 15 is 0 Å². The van der Waals surface area contributed by atoms with Gasteiger partial charge >= 0.3 is 12.1 Å². The summed E-state index contributed by atoms with van der Waals surface area (Å²) in [7, 11) is 0. The highest BCUT2D eigenvalue weighted by atomic mass is 16.5. The van der Waals surface area contributed by atoms with Crippen molar-refractivity contribution < 1.29 is 24.2 Å². The number of carbonyl (C=O) groups excluding carboxylic acids is 2. The number of nitrogens with one attached hydrogen (secondary N) is 2. The molecule has 3 N–H and O–H groups in total. The monoisotopic (exact) mass is 336 g/mol. The molecule has 0 saturated heterocycles. The van der Waals surface area contributed by atoms with Gasteiger partial charge in [-0.1, -0.05) is 44.2 Å². The molecule has 1 atom stereocenters. The Bertz CT molecular complexity index is 545. The highest BCUT2D eigenvalue weighted by molar-refractivity contribution is 5.85. The van der Waals surface area contributed by atoms with E-state index < -0.39 is 24.0 Å². The van der Waals surface area contributed by atoms with Crippen molar-refractivity contribution in [3.63, 3.8) is 0 Å². The molecule has 0 unspecified atom stereocenters. The van der Waals surface area contributed by atoms with Crippen molar-refractivity contribution in [1.82, 2.24) is 10.6 Å². The molecule has 7 heteroatoms. The second-order valence-corrected chi connectivity index (χ2v) is 5.82. The number of amides is 2. The number of carboxylic acid groups (broad SMARTS) is 1. The smallest absolute Gasteiger partial charge is 0.408 e. The van der Waals surface area contributed by atoms with E-state index in [0.717, 1.165) is 5.56 Å². The lowest BCUT2D eigenvalue weighted by molar-refractivity contribution is -0.137. The number of aliphatic carboxylic acids is 1. The minimum atomic E-state index is -0.995. The van der Waals surface area contributed by atoms with Crippen LogP contribution in [-0.4, -0.2) is 35.7 Å². The van der Waals surface area contributed by atoms with Crippen LogP contribution in [-0.2, 0) is 20.9 Å². The van der Waals surface area contributed by atoms with Crippen LogP contribution in [0.1, 0.15) is 32.3 Å². The van der Waals surface area contributed by atoms with Crippen molar-refractivity contribution in [3.05, 3.63) is 35.9 Å². The maximum atomic E-state index is 12.1. The first kappa shape index (κ1) is 19.5. The Morgan fingerprint density at radius 3 is 2.42 bits per heavy atom. The van der Waals surface area contributed by atoms with Gasteiger partial charge in [-0.2, -0.15) is 0 Å². The third-order valence-electron chi connectivity index (χ3n) is 3.17. The molecule has 0 aliphatic heterocycles. The minimum Gasteiger partial charge on any atom is -0.481 e. The van der Waals surface area contributed by atoms with Crippen LogP contribution in [0.3, 0.4) is 0 Å². The van der Waals surface area contributed by atoms with E-state index in [9.17, 15) is 14.4 Å².